The maximum absolute atomic E-state index is 8.93. The second kappa shape index (κ2) is 26.8. The lowest BCUT2D eigenvalue weighted by molar-refractivity contribution is 0.281. The molecule has 0 aromatic carbocycles. The summed E-state index contributed by atoms with van der Waals surface area (Å²) in [5, 5.41) is 23.2. The Balaban J connectivity index is 3.75. The Bertz CT molecular complexity index is 287. The summed E-state index contributed by atoms with van der Waals surface area (Å²) in [6, 6.07) is 0. The van der Waals surface area contributed by atoms with Gasteiger partial charge in [0, 0.05) is 6.61 Å². The Kier molecular flexibility index (Phi) is 26.5. The average Bonchev–Trinajstić information content (AvgIpc) is 2.76. The quantitative estimate of drug-likeness (QED) is 0.103. The molecule has 0 amide bonds. The van der Waals surface area contributed by atoms with Gasteiger partial charge in [0.25, 0.3) is 0 Å². The van der Waals surface area contributed by atoms with Crippen LogP contribution in [0.4, 0.5) is 0 Å². The highest BCUT2D eigenvalue weighted by Crippen LogP contribution is 2.10. The Morgan fingerprint density at radius 1 is 0.500 bits per heavy atom. The Morgan fingerprint density at radius 3 is 1.40 bits per heavy atom. The number of hydrogen-bond acceptors (Lipinski definition) is 7. The van der Waals surface area contributed by atoms with Crippen molar-refractivity contribution in [2.75, 3.05) is 72.1 Å². The van der Waals surface area contributed by atoms with Gasteiger partial charge in [-0.05, 0) is 123 Å². The maximum Gasteiger partial charge on any atom is 0.0431 e. The third-order valence-corrected chi connectivity index (χ3v) is 5.42. The van der Waals surface area contributed by atoms with Crippen LogP contribution in [0.2, 0.25) is 0 Å². The molecule has 0 bridgehead atoms. The van der Waals surface area contributed by atoms with Crippen molar-refractivity contribution in [3.8, 4) is 0 Å². The Hall–Kier alpha value is -0.280. The molecule has 182 valence electrons. The molecule has 30 heavy (non-hydrogen) atoms. The van der Waals surface area contributed by atoms with E-state index in [2.05, 4.69) is 21.3 Å². The van der Waals surface area contributed by atoms with E-state index in [1.165, 1.54) is 44.9 Å². The average molecular weight is 431 g/mol. The number of unbranched alkanes of at least 4 members (excludes halogenated alkanes) is 5. The van der Waals surface area contributed by atoms with E-state index in [1.54, 1.807) is 0 Å². The highest BCUT2D eigenvalue weighted by molar-refractivity contribution is 4.67. The third kappa shape index (κ3) is 24.0. The smallest absolute Gasteiger partial charge is 0.0431 e. The number of aliphatic hydroxyl groups is 1. The van der Waals surface area contributed by atoms with Gasteiger partial charge in [0.05, 0.1) is 0 Å². The van der Waals surface area contributed by atoms with Gasteiger partial charge in [-0.3, -0.25) is 0 Å². The van der Waals surface area contributed by atoms with E-state index in [4.69, 9.17) is 16.6 Å². The molecule has 9 N–H and O–H groups in total. The van der Waals surface area contributed by atoms with Crippen molar-refractivity contribution >= 4 is 0 Å². The summed E-state index contributed by atoms with van der Waals surface area (Å²) in [7, 11) is 0. The first-order valence-electron chi connectivity index (χ1n) is 12.7. The minimum Gasteiger partial charge on any atom is -0.396 e. The summed E-state index contributed by atoms with van der Waals surface area (Å²) in [5.41, 5.74) is 11.0. The number of hydrogen-bond donors (Lipinski definition) is 7. The highest BCUT2D eigenvalue weighted by atomic mass is 16.2. The summed E-state index contributed by atoms with van der Waals surface area (Å²) in [6.45, 7) is 10.6. The molecule has 0 spiro atoms. The molecule has 0 rings (SSSR count). The molecule has 0 fully saturated rings. The number of nitrogens with one attached hydrogen (secondary N) is 4. The predicted molar refractivity (Wildman–Crippen MR) is 131 cm³/mol. The summed E-state index contributed by atoms with van der Waals surface area (Å²) < 4.78 is 0. The van der Waals surface area contributed by atoms with Crippen molar-refractivity contribution in [2.45, 2.75) is 70.6 Å². The van der Waals surface area contributed by atoms with E-state index in [1.807, 2.05) is 0 Å². The van der Waals surface area contributed by atoms with Crippen molar-refractivity contribution in [1.29, 1.82) is 0 Å². The standard InChI is InChI=1S/C23H54N6O/c24-12-9-18-26-14-4-6-16-28-21-23(11-3-1-2-8-20-30)22-29-17-7-5-15-27-19-10-13-25/h23,26-30H,1-22,24-25H2. The minimum absolute atomic E-state index is 0.328. The van der Waals surface area contributed by atoms with Crippen molar-refractivity contribution in [3.05, 3.63) is 0 Å². The fourth-order valence-corrected chi connectivity index (χ4v) is 3.49. The third-order valence-electron chi connectivity index (χ3n) is 5.42. The number of rotatable bonds is 26. The van der Waals surface area contributed by atoms with Crippen LogP contribution in [-0.4, -0.2) is 77.2 Å². The Labute approximate surface area is 186 Å². The van der Waals surface area contributed by atoms with Crippen LogP contribution < -0.4 is 32.7 Å². The van der Waals surface area contributed by atoms with Crippen LogP contribution >= 0.6 is 0 Å². The zero-order valence-electron chi connectivity index (χ0n) is 19.7. The van der Waals surface area contributed by atoms with Crippen LogP contribution in [0.1, 0.15) is 70.6 Å². The van der Waals surface area contributed by atoms with E-state index >= 15 is 0 Å². The molecule has 0 aromatic heterocycles. The second-order valence-electron chi connectivity index (χ2n) is 8.40. The molecule has 0 unspecified atom stereocenters. The van der Waals surface area contributed by atoms with Gasteiger partial charge in [-0.25, -0.2) is 0 Å². The van der Waals surface area contributed by atoms with Crippen LogP contribution in [0.15, 0.2) is 0 Å². The Morgan fingerprint density at radius 2 is 0.933 bits per heavy atom. The monoisotopic (exact) mass is 430 g/mol. The summed E-state index contributed by atoms with van der Waals surface area (Å²) in [4.78, 5) is 0. The van der Waals surface area contributed by atoms with Crippen molar-refractivity contribution < 1.29 is 5.11 Å². The van der Waals surface area contributed by atoms with Gasteiger partial charge >= 0.3 is 0 Å². The van der Waals surface area contributed by atoms with Crippen LogP contribution in [0.25, 0.3) is 0 Å². The molecule has 7 nitrogen and oxygen atoms in total. The maximum atomic E-state index is 8.93. The molecule has 0 aromatic rings. The molecule has 0 saturated carbocycles. The minimum atomic E-state index is 0.328. The van der Waals surface area contributed by atoms with Crippen molar-refractivity contribution in [2.24, 2.45) is 17.4 Å². The fourth-order valence-electron chi connectivity index (χ4n) is 3.49. The summed E-state index contributed by atoms with van der Waals surface area (Å²) in [5.74, 6) is 0.699. The van der Waals surface area contributed by atoms with Crippen LogP contribution in [0.5, 0.6) is 0 Å². The normalized spacial score (nSPS) is 11.6. The first-order chi connectivity index (χ1) is 14.8. The molecule has 0 heterocycles. The predicted octanol–water partition coefficient (Wildman–Crippen LogP) is 1.16. The lowest BCUT2D eigenvalue weighted by Gasteiger charge is -2.19. The number of aliphatic hydroxyl groups excluding tert-OH is 1. The zero-order valence-corrected chi connectivity index (χ0v) is 19.7. The molecule has 0 aliphatic heterocycles. The van der Waals surface area contributed by atoms with Crippen LogP contribution in [0, 0.1) is 5.92 Å². The van der Waals surface area contributed by atoms with Crippen LogP contribution in [-0.2, 0) is 0 Å². The summed E-state index contributed by atoms with van der Waals surface area (Å²) in [6.07, 6.45) is 12.9. The molecule has 0 radical (unpaired) electrons. The first-order valence-corrected chi connectivity index (χ1v) is 12.7. The van der Waals surface area contributed by atoms with Crippen LogP contribution in [0.3, 0.4) is 0 Å². The fraction of sp³-hybridized carbons (Fsp3) is 1.00. The van der Waals surface area contributed by atoms with Gasteiger partial charge in [-0.2, -0.15) is 0 Å². The van der Waals surface area contributed by atoms with E-state index in [9.17, 15) is 0 Å². The van der Waals surface area contributed by atoms with Gasteiger partial charge in [0.15, 0.2) is 0 Å². The highest BCUT2D eigenvalue weighted by Gasteiger charge is 2.08. The zero-order chi connectivity index (χ0) is 22.0. The van der Waals surface area contributed by atoms with Gasteiger partial charge in [-0.1, -0.05) is 19.3 Å². The molecule has 0 atom stereocenters. The van der Waals surface area contributed by atoms with E-state index < -0.39 is 0 Å². The number of nitrogens with two attached hydrogens (primary N) is 2. The van der Waals surface area contributed by atoms with Gasteiger partial charge in [0.2, 0.25) is 0 Å². The van der Waals surface area contributed by atoms with Gasteiger partial charge < -0.3 is 37.8 Å². The van der Waals surface area contributed by atoms with Crippen molar-refractivity contribution in [3.63, 3.8) is 0 Å². The second-order valence-corrected chi connectivity index (χ2v) is 8.40. The van der Waals surface area contributed by atoms with Gasteiger partial charge in [0.1, 0.15) is 0 Å². The molecule has 0 aliphatic carbocycles. The molecule has 0 saturated heterocycles. The van der Waals surface area contributed by atoms with Crippen molar-refractivity contribution in [1.82, 2.24) is 21.3 Å². The SMILES string of the molecule is NCCCNCCCCNCC(CCCCCCO)CNCCCCNCCCN. The largest absolute Gasteiger partial charge is 0.396 e. The lowest BCUT2D eigenvalue weighted by Crippen LogP contribution is -2.32. The van der Waals surface area contributed by atoms with E-state index in [0.29, 0.717) is 12.5 Å². The lowest BCUT2D eigenvalue weighted by atomic mass is 10.00. The molecule has 0 aliphatic rings. The van der Waals surface area contributed by atoms with E-state index in [0.717, 1.165) is 91.1 Å². The molecule has 7 heteroatoms. The molecular formula is C23H54N6O. The van der Waals surface area contributed by atoms with E-state index in [-0.39, 0.29) is 0 Å². The topological polar surface area (TPSA) is 120 Å². The summed E-state index contributed by atoms with van der Waals surface area (Å²) >= 11 is 0. The van der Waals surface area contributed by atoms with Gasteiger partial charge in [-0.15, -0.1) is 0 Å². The first kappa shape index (κ1) is 29.7. The molecular weight excluding hydrogens is 376 g/mol.